The second kappa shape index (κ2) is 23.9. The van der Waals surface area contributed by atoms with E-state index in [2.05, 4.69) is 76.8 Å². The summed E-state index contributed by atoms with van der Waals surface area (Å²) >= 11 is 0. The number of hydrogen-bond acceptors (Lipinski definition) is 11. The molecule has 2 unspecified atom stereocenters. The average Bonchev–Trinajstić information content (AvgIpc) is 3.84. The van der Waals surface area contributed by atoms with E-state index in [0.29, 0.717) is 25.4 Å². The molecule has 0 saturated carbocycles. The Balaban J connectivity index is 1.24. The van der Waals surface area contributed by atoms with Crippen molar-refractivity contribution in [3.8, 4) is 5.75 Å². The number of aliphatic hydroxyl groups excluding tert-OH is 1. The summed E-state index contributed by atoms with van der Waals surface area (Å²) in [6, 6.07) is 29.5. The van der Waals surface area contributed by atoms with E-state index in [9.17, 15) is 14.7 Å². The fraction of sp³-hybridized carbons (Fsp3) is 0.500. The molecule has 0 aliphatic carbocycles. The molecule has 1 N–H and O–H groups in total. The van der Waals surface area contributed by atoms with Gasteiger partial charge >= 0.3 is 11.7 Å². The van der Waals surface area contributed by atoms with E-state index in [4.69, 9.17) is 23.7 Å². The number of esters is 1. The quantitative estimate of drug-likeness (QED) is 0.0497. The molecule has 2 fully saturated rings. The second-order valence-corrected chi connectivity index (χ2v) is 20.2. The molecule has 2 saturated heterocycles. The van der Waals surface area contributed by atoms with Crippen LogP contribution < -0.4 is 16.0 Å². The molecule has 5 aromatic rings. The van der Waals surface area contributed by atoms with Crippen molar-refractivity contribution < 1.29 is 33.6 Å². The van der Waals surface area contributed by atoms with Crippen molar-refractivity contribution in [1.29, 1.82) is 0 Å². The van der Waals surface area contributed by atoms with Crippen molar-refractivity contribution in [2.24, 2.45) is 0 Å². The van der Waals surface area contributed by atoms with E-state index in [1.807, 2.05) is 48.3 Å². The lowest BCUT2D eigenvalue weighted by atomic mass is 9.95. The van der Waals surface area contributed by atoms with E-state index < -0.39 is 65.8 Å². The van der Waals surface area contributed by atoms with Gasteiger partial charge in [0.25, 0.3) is 5.56 Å². The SMILES string of the molecule is CCCCCCCCN(C)[C@@H](C(=O)OC(c1ccccc1)C(C)N(Cc1ccccc1C)Cc1c(C)cc(C)cc1C)[C@H](O)[C@H]1O[C@@H](n2ccc(=O)n(Cc3ccc(OC)cc3)c2=O)[C@@H]2OC(C)(C)O[C@H]12. The van der Waals surface area contributed by atoms with Crippen LogP contribution >= 0.6 is 0 Å². The number of likely N-dealkylation sites (N-methyl/N-ethyl adjacent to an activating group) is 1. The summed E-state index contributed by atoms with van der Waals surface area (Å²) in [6.45, 7) is 18.1. The van der Waals surface area contributed by atoms with Crippen molar-refractivity contribution in [2.45, 2.75) is 168 Å². The molecule has 0 bridgehead atoms. The van der Waals surface area contributed by atoms with Gasteiger partial charge in [0.15, 0.2) is 12.0 Å². The molecule has 7 rings (SSSR count). The maximum atomic E-state index is 15.4. The van der Waals surface area contributed by atoms with Crippen molar-refractivity contribution in [2.75, 3.05) is 20.7 Å². The number of aryl methyl sites for hydroxylation is 4. The van der Waals surface area contributed by atoms with Gasteiger partial charge in [0.1, 0.15) is 42.3 Å². The minimum atomic E-state index is -1.50. The number of carbonyl (C=O) groups excluding carboxylic acids is 1. The number of methoxy groups -OCH3 is 1. The number of rotatable bonds is 23. The Bertz CT molecular complexity index is 2640. The molecule has 3 heterocycles. The number of aliphatic hydroxyl groups is 1. The van der Waals surface area contributed by atoms with E-state index in [1.54, 1.807) is 45.2 Å². The summed E-state index contributed by atoms with van der Waals surface area (Å²) < 4.78 is 34.3. The molecule has 0 amide bonds. The summed E-state index contributed by atoms with van der Waals surface area (Å²) in [6.07, 6.45) is 1.35. The number of carbonyl (C=O) groups is 1. The Morgan fingerprint density at radius 3 is 2.14 bits per heavy atom. The van der Waals surface area contributed by atoms with E-state index in [-0.39, 0.29) is 12.6 Å². The molecule has 4 aromatic carbocycles. The highest BCUT2D eigenvalue weighted by atomic mass is 16.8. The van der Waals surface area contributed by atoms with E-state index in [1.165, 1.54) is 50.2 Å². The standard InChI is InChI=1S/C58H76N4O9/c1-11-12-13-14-15-21-31-59(9)49(50(64)52-53-54(71-58(7,8)70-53)55(68-52)61-32-30-48(63)62(57(61)66)35-43-26-28-46(67-10)29-27-43)56(65)69-51(44-23-17-16-18-24-44)42(6)60(36-45-25-20-19-22-39(45)3)37-47-40(4)33-38(2)34-41(47)5/h16-20,22-30,32-34,42,49-55,64H,11-15,21,31,35-37H2,1-10H3/t42?,49-,50+,51?,52-,53-,54-,55-/m1/s1. The number of unbranched alkanes of at least 4 members (excludes halogenated alkanes) is 5. The Kier molecular flexibility index (Phi) is 18.0. The Labute approximate surface area is 420 Å². The van der Waals surface area contributed by atoms with Crippen LogP contribution in [0.2, 0.25) is 0 Å². The highest BCUT2D eigenvalue weighted by molar-refractivity contribution is 5.77. The Hall–Kier alpha value is -5.41. The van der Waals surface area contributed by atoms with Gasteiger partial charge in [-0.15, -0.1) is 0 Å². The zero-order valence-corrected chi connectivity index (χ0v) is 43.5. The number of ether oxygens (including phenoxy) is 5. The van der Waals surface area contributed by atoms with Crippen LogP contribution in [0.1, 0.15) is 123 Å². The smallest absolute Gasteiger partial charge is 0.333 e. The first kappa shape index (κ1) is 53.4. The van der Waals surface area contributed by atoms with Crippen LogP contribution in [0.25, 0.3) is 0 Å². The highest BCUT2D eigenvalue weighted by Gasteiger charge is 2.60. The average molecular weight is 973 g/mol. The minimum Gasteiger partial charge on any atom is -0.497 e. The summed E-state index contributed by atoms with van der Waals surface area (Å²) in [5.74, 6) is -1.09. The topological polar surface area (TPSA) is 134 Å². The second-order valence-electron chi connectivity index (χ2n) is 20.2. The fourth-order valence-corrected chi connectivity index (χ4v) is 10.4. The van der Waals surface area contributed by atoms with Gasteiger partial charge in [-0.1, -0.05) is 123 Å². The van der Waals surface area contributed by atoms with E-state index >= 15 is 4.79 Å². The Morgan fingerprint density at radius 1 is 0.817 bits per heavy atom. The van der Waals surface area contributed by atoms with Gasteiger partial charge in [-0.25, -0.2) is 4.79 Å². The van der Waals surface area contributed by atoms with Crippen LogP contribution in [0.15, 0.2) is 113 Å². The summed E-state index contributed by atoms with van der Waals surface area (Å²) in [4.78, 5) is 47.3. The number of aromatic nitrogens is 2. The monoisotopic (exact) mass is 973 g/mol. The molecule has 13 heteroatoms. The van der Waals surface area contributed by atoms with Crippen LogP contribution in [-0.4, -0.2) is 93.0 Å². The Morgan fingerprint density at radius 2 is 1.46 bits per heavy atom. The van der Waals surface area contributed by atoms with Gasteiger partial charge in [-0.05, 0) is 120 Å². The normalized spacial score (nSPS) is 20.2. The van der Waals surface area contributed by atoms with Gasteiger partial charge in [-0.3, -0.25) is 28.5 Å². The van der Waals surface area contributed by atoms with Crippen LogP contribution in [-0.2, 0) is 43.4 Å². The maximum absolute atomic E-state index is 15.4. The molecule has 2 aliphatic rings. The number of fused-ring (bicyclic) bond motifs is 1. The first-order valence-electron chi connectivity index (χ1n) is 25.4. The lowest BCUT2D eigenvalue weighted by Gasteiger charge is -2.38. The summed E-state index contributed by atoms with van der Waals surface area (Å²) in [5, 5.41) is 12.9. The summed E-state index contributed by atoms with van der Waals surface area (Å²) in [7, 11) is 3.41. The van der Waals surface area contributed by atoms with Crippen molar-refractivity contribution in [3.63, 3.8) is 0 Å². The fourth-order valence-electron chi connectivity index (χ4n) is 10.4. The largest absolute Gasteiger partial charge is 0.497 e. The van der Waals surface area contributed by atoms with Crippen LogP contribution in [0.4, 0.5) is 0 Å². The van der Waals surface area contributed by atoms with Gasteiger partial charge in [0.05, 0.1) is 13.7 Å². The number of benzene rings is 4. The molecule has 1 aromatic heterocycles. The maximum Gasteiger partial charge on any atom is 0.333 e. The predicted octanol–water partition coefficient (Wildman–Crippen LogP) is 9.12. The highest BCUT2D eigenvalue weighted by Crippen LogP contribution is 2.44. The third kappa shape index (κ3) is 12.8. The van der Waals surface area contributed by atoms with Crippen LogP contribution in [0.3, 0.4) is 0 Å². The predicted molar refractivity (Wildman–Crippen MR) is 276 cm³/mol. The molecular weight excluding hydrogens is 897 g/mol. The number of nitrogens with zero attached hydrogens (tertiary/aromatic N) is 4. The van der Waals surface area contributed by atoms with Gasteiger partial charge in [0.2, 0.25) is 0 Å². The molecule has 0 radical (unpaired) electrons. The van der Waals surface area contributed by atoms with Crippen molar-refractivity contribution in [3.05, 3.63) is 169 Å². The molecule has 382 valence electrons. The van der Waals surface area contributed by atoms with Gasteiger partial charge < -0.3 is 28.8 Å². The summed E-state index contributed by atoms with van der Waals surface area (Å²) in [5.41, 5.74) is 7.60. The van der Waals surface area contributed by atoms with Crippen LogP contribution in [0, 0.1) is 27.7 Å². The molecule has 8 atom stereocenters. The lowest BCUT2D eigenvalue weighted by molar-refractivity contribution is -0.213. The lowest BCUT2D eigenvalue weighted by Crippen LogP contribution is -2.56. The van der Waals surface area contributed by atoms with Crippen molar-refractivity contribution >= 4 is 5.97 Å². The zero-order chi connectivity index (χ0) is 51.0. The first-order chi connectivity index (χ1) is 34.0. The molecule has 0 spiro atoms. The molecule has 71 heavy (non-hydrogen) atoms. The molecule has 2 aliphatic heterocycles. The third-order valence-electron chi connectivity index (χ3n) is 14.4. The first-order valence-corrected chi connectivity index (χ1v) is 25.4. The van der Waals surface area contributed by atoms with Gasteiger partial charge in [0, 0.05) is 31.4 Å². The zero-order valence-electron chi connectivity index (χ0n) is 43.5. The number of hydrogen-bond donors (Lipinski definition) is 1. The van der Waals surface area contributed by atoms with Crippen LogP contribution in [0.5, 0.6) is 5.75 Å². The van der Waals surface area contributed by atoms with E-state index in [0.717, 1.165) is 54.2 Å². The molecule has 13 nitrogen and oxygen atoms in total. The molecular formula is C58H76N4O9. The van der Waals surface area contributed by atoms with Gasteiger partial charge in [-0.2, -0.15) is 0 Å². The van der Waals surface area contributed by atoms with Crippen molar-refractivity contribution in [1.82, 2.24) is 18.9 Å². The third-order valence-corrected chi connectivity index (χ3v) is 14.4. The minimum absolute atomic E-state index is 0.00297.